The van der Waals surface area contributed by atoms with Crippen LogP contribution in [0.3, 0.4) is 0 Å². The Morgan fingerprint density at radius 2 is 1.73 bits per heavy atom. The fourth-order valence-electron chi connectivity index (χ4n) is 5.00. The predicted octanol–water partition coefficient (Wildman–Crippen LogP) is 6.50. The van der Waals surface area contributed by atoms with Crippen LogP contribution in [0.5, 0.6) is 0 Å². The smallest absolute Gasteiger partial charge is 0.293 e. The lowest BCUT2D eigenvalue weighted by Gasteiger charge is -2.21. The van der Waals surface area contributed by atoms with E-state index in [1.807, 2.05) is 63.2 Å². The lowest BCUT2D eigenvalue weighted by molar-refractivity contribution is 0.0765. The first kappa shape index (κ1) is 32.0. The van der Waals surface area contributed by atoms with Gasteiger partial charge in [-0.05, 0) is 73.2 Å². The van der Waals surface area contributed by atoms with Crippen LogP contribution in [-0.2, 0) is 12.5 Å². The molecule has 0 bridgehead atoms. The fraction of sp³-hybridized carbons (Fsp3) is 0.314. The van der Waals surface area contributed by atoms with Crippen molar-refractivity contribution in [3.8, 4) is 11.3 Å². The summed E-state index contributed by atoms with van der Waals surface area (Å²) in [6.07, 6.45) is 2.51. The van der Waals surface area contributed by atoms with Crippen LogP contribution in [-0.4, -0.2) is 39.4 Å². The molecule has 0 saturated heterocycles. The highest BCUT2D eigenvalue weighted by molar-refractivity contribution is 6.05. The molecule has 9 heteroatoms. The normalized spacial score (nSPS) is 11.2. The summed E-state index contributed by atoms with van der Waals surface area (Å²) in [4.78, 5) is 45.5. The number of carbonyl (C=O) groups excluding carboxylic acids is 2. The molecule has 0 atom stereocenters. The fourth-order valence-corrected chi connectivity index (χ4v) is 5.00. The third-order valence-corrected chi connectivity index (χ3v) is 7.65. The molecule has 4 N–H and O–H groups in total. The number of nitrogens with two attached hydrogens (primary N) is 1. The van der Waals surface area contributed by atoms with Gasteiger partial charge in [-0.1, -0.05) is 52.0 Å². The van der Waals surface area contributed by atoms with Crippen LogP contribution in [0.15, 0.2) is 71.7 Å². The van der Waals surface area contributed by atoms with Gasteiger partial charge in [-0.25, -0.2) is 4.98 Å². The van der Waals surface area contributed by atoms with Crippen molar-refractivity contribution in [1.29, 1.82) is 0 Å². The second kappa shape index (κ2) is 13.2. The molecule has 3 aromatic carbocycles. The minimum atomic E-state index is -0.326. The van der Waals surface area contributed by atoms with E-state index >= 15 is 0 Å². The first-order chi connectivity index (χ1) is 20.8. The van der Waals surface area contributed by atoms with Gasteiger partial charge in [-0.2, -0.15) is 0 Å². The van der Waals surface area contributed by atoms with Crippen molar-refractivity contribution in [1.82, 2.24) is 14.5 Å². The van der Waals surface area contributed by atoms with Crippen molar-refractivity contribution in [3.05, 3.63) is 99.5 Å². The molecule has 0 radical (unpaired) electrons. The molecular formula is C35H42N6O3. The van der Waals surface area contributed by atoms with E-state index in [0.717, 1.165) is 23.1 Å². The third kappa shape index (κ3) is 6.99. The van der Waals surface area contributed by atoms with Gasteiger partial charge in [-0.15, -0.1) is 0 Å². The Labute approximate surface area is 259 Å². The number of rotatable bonds is 9. The van der Waals surface area contributed by atoms with Crippen LogP contribution < -0.4 is 21.9 Å². The maximum absolute atomic E-state index is 13.1. The zero-order chi connectivity index (χ0) is 32.2. The van der Waals surface area contributed by atoms with E-state index in [1.54, 1.807) is 36.3 Å². The molecule has 0 fully saturated rings. The van der Waals surface area contributed by atoms with Crippen molar-refractivity contribution < 1.29 is 9.59 Å². The highest BCUT2D eigenvalue weighted by Crippen LogP contribution is 2.29. The second-order valence-corrected chi connectivity index (χ2v) is 12.0. The summed E-state index contributed by atoms with van der Waals surface area (Å²) >= 11 is 0. The number of aryl methyl sites for hydroxylation is 1. The van der Waals surface area contributed by atoms with Crippen molar-refractivity contribution in [2.24, 2.45) is 7.05 Å². The Hall–Kier alpha value is -4.92. The van der Waals surface area contributed by atoms with Crippen molar-refractivity contribution >= 4 is 34.7 Å². The Balaban J connectivity index is 1.60. The number of anilines is 4. The number of nitrogens with one attached hydrogen (secondary N) is 2. The minimum Gasteiger partial charge on any atom is -0.398 e. The molecule has 1 heterocycles. The minimum absolute atomic E-state index is 0.00360. The highest BCUT2D eigenvalue weighted by atomic mass is 16.2. The Bertz CT molecular complexity index is 1740. The van der Waals surface area contributed by atoms with E-state index in [-0.39, 0.29) is 28.6 Å². The van der Waals surface area contributed by atoms with E-state index in [1.165, 1.54) is 4.57 Å². The van der Waals surface area contributed by atoms with Crippen molar-refractivity contribution in [3.63, 3.8) is 0 Å². The van der Waals surface area contributed by atoms with E-state index < -0.39 is 0 Å². The average molecular weight is 595 g/mol. The lowest BCUT2D eigenvalue weighted by atomic mass is 9.86. The monoisotopic (exact) mass is 594 g/mol. The summed E-state index contributed by atoms with van der Waals surface area (Å²) < 4.78 is 1.46. The van der Waals surface area contributed by atoms with Gasteiger partial charge < -0.3 is 25.8 Å². The second-order valence-electron chi connectivity index (χ2n) is 12.0. The van der Waals surface area contributed by atoms with Crippen LogP contribution in [0.4, 0.5) is 22.9 Å². The molecule has 44 heavy (non-hydrogen) atoms. The van der Waals surface area contributed by atoms with Gasteiger partial charge in [0.15, 0.2) is 5.82 Å². The number of hydrogen-bond donors (Lipinski definition) is 3. The van der Waals surface area contributed by atoms with E-state index in [9.17, 15) is 14.4 Å². The first-order valence-corrected chi connectivity index (χ1v) is 14.9. The number of amides is 2. The topological polar surface area (TPSA) is 122 Å². The van der Waals surface area contributed by atoms with Crippen LogP contribution in [0, 0.1) is 6.92 Å². The summed E-state index contributed by atoms with van der Waals surface area (Å²) in [5.41, 5.74) is 11.7. The van der Waals surface area contributed by atoms with Crippen LogP contribution >= 0.6 is 0 Å². The summed E-state index contributed by atoms with van der Waals surface area (Å²) in [5, 5.41) is 6.10. The molecule has 4 rings (SSSR count). The van der Waals surface area contributed by atoms with E-state index in [4.69, 9.17) is 5.73 Å². The quantitative estimate of drug-likeness (QED) is 0.190. The molecule has 0 spiro atoms. The largest absolute Gasteiger partial charge is 0.398 e. The van der Waals surface area contributed by atoms with Gasteiger partial charge in [0.2, 0.25) is 0 Å². The summed E-state index contributed by atoms with van der Waals surface area (Å²) in [6, 6.07) is 18.2. The van der Waals surface area contributed by atoms with Crippen LogP contribution in [0.25, 0.3) is 11.3 Å². The molecular weight excluding hydrogens is 552 g/mol. The molecule has 0 unspecified atom stereocenters. The molecule has 9 nitrogen and oxygen atoms in total. The van der Waals surface area contributed by atoms with Gasteiger partial charge in [0, 0.05) is 54.5 Å². The number of aromatic nitrogens is 2. The summed E-state index contributed by atoms with van der Waals surface area (Å²) in [7, 11) is 1.66. The standard InChI is InChI=1S/C35H42N6O3/c1-8-19-41(9-2)33(43)27-18-17-25(20-28(27)36)37-31-34(44)40(7)21-30(38-31)26-11-10-12-29(22(26)3)39-32(42)23-13-15-24(16-14-23)35(4,5)6/h10-18,20-21H,8-9,19,36H2,1-7H3,(H,37,38)(H,39,42). The highest BCUT2D eigenvalue weighted by Gasteiger charge is 2.19. The van der Waals surface area contributed by atoms with E-state index in [2.05, 4.69) is 36.4 Å². The maximum atomic E-state index is 13.1. The number of hydrogen-bond acceptors (Lipinski definition) is 6. The third-order valence-electron chi connectivity index (χ3n) is 7.65. The van der Waals surface area contributed by atoms with Gasteiger partial charge >= 0.3 is 0 Å². The van der Waals surface area contributed by atoms with Gasteiger partial charge in [0.05, 0.1) is 11.3 Å². The number of nitrogen functional groups attached to an aromatic ring is 1. The molecule has 0 aliphatic carbocycles. The molecule has 0 aliphatic rings. The van der Waals surface area contributed by atoms with Crippen LogP contribution in [0.1, 0.15) is 72.9 Å². The zero-order valence-corrected chi connectivity index (χ0v) is 26.6. The summed E-state index contributed by atoms with van der Waals surface area (Å²) in [6.45, 7) is 13.5. The van der Waals surface area contributed by atoms with Gasteiger partial charge in [0.1, 0.15) is 0 Å². The van der Waals surface area contributed by atoms with Gasteiger partial charge in [-0.3, -0.25) is 14.4 Å². The Morgan fingerprint density at radius 1 is 1.02 bits per heavy atom. The maximum Gasteiger partial charge on any atom is 0.293 e. The molecule has 1 aromatic heterocycles. The summed E-state index contributed by atoms with van der Waals surface area (Å²) in [5.74, 6) is -0.228. The molecule has 0 saturated carbocycles. The average Bonchev–Trinajstić information content (AvgIpc) is 2.98. The Kier molecular flexibility index (Phi) is 9.57. The molecule has 2 amide bonds. The number of nitrogens with zero attached hydrogens (tertiary/aromatic N) is 3. The lowest BCUT2D eigenvalue weighted by Crippen LogP contribution is -2.32. The number of carbonyl (C=O) groups is 2. The first-order valence-electron chi connectivity index (χ1n) is 14.9. The van der Waals surface area contributed by atoms with Crippen molar-refractivity contribution in [2.75, 3.05) is 29.5 Å². The Morgan fingerprint density at radius 3 is 2.34 bits per heavy atom. The van der Waals surface area contributed by atoms with Crippen molar-refractivity contribution in [2.45, 2.75) is 53.4 Å². The van der Waals surface area contributed by atoms with Crippen LogP contribution in [0.2, 0.25) is 0 Å². The SMILES string of the molecule is CCCN(CC)C(=O)c1ccc(Nc2nc(-c3cccc(NC(=O)c4ccc(C(C)(C)C)cc4)c3C)cn(C)c2=O)cc1N. The number of benzene rings is 3. The zero-order valence-electron chi connectivity index (χ0n) is 26.6. The van der Waals surface area contributed by atoms with E-state index in [0.29, 0.717) is 47.0 Å². The molecule has 0 aliphatic heterocycles. The predicted molar refractivity (Wildman–Crippen MR) is 179 cm³/mol. The molecule has 230 valence electrons. The van der Waals surface area contributed by atoms with Gasteiger partial charge in [0.25, 0.3) is 17.4 Å². The molecule has 4 aromatic rings.